The molecule has 170 valence electrons. The molecule has 2 N–H and O–H groups in total. The van der Waals surface area contributed by atoms with Gasteiger partial charge in [0.15, 0.2) is 0 Å². The lowest BCUT2D eigenvalue weighted by Gasteiger charge is -2.20. The first-order chi connectivity index (χ1) is 13.4. The van der Waals surface area contributed by atoms with Crippen molar-refractivity contribution < 1.29 is 18.1 Å². The maximum atomic E-state index is 11.6. The van der Waals surface area contributed by atoms with Crippen molar-refractivity contribution in [3.8, 4) is 0 Å². The monoisotopic (exact) mass is 420 g/mol. The van der Waals surface area contributed by atoms with Crippen LogP contribution in [-0.2, 0) is 10.1 Å². The molecule has 0 aromatic rings. The molecule has 4 nitrogen and oxygen atoms in total. The Labute approximate surface area is 175 Å². The van der Waals surface area contributed by atoms with Gasteiger partial charge in [-0.15, -0.1) is 0 Å². The van der Waals surface area contributed by atoms with Crippen molar-refractivity contribution in [1.29, 1.82) is 0 Å². The Morgan fingerprint density at radius 1 is 0.571 bits per heavy atom. The van der Waals surface area contributed by atoms with Crippen LogP contribution < -0.4 is 0 Å². The van der Waals surface area contributed by atoms with Crippen LogP contribution in [0.1, 0.15) is 136 Å². The van der Waals surface area contributed by atoms with Crippen LogP contribution in [0.15, 0.2) is 0 Å². The van der Waals surface area contributed by atoms with Crippen LogP contribution in [0.5, 0.6) is 0 Å². The van der Waals surface area contributed by atoms with E-state index in [0.29, 0.717) is 12.8 Å². The zero-order chi connectivity index (χ0) is 21.1. The van der Waals surface area contributed by atoms with Gasteiger partial charge in [0.1, 0.15) is 5.25 Å². The first-order valence-electron chi connectivity index (χ1n) is 12.1. The third kappa shape index (κ3) is 16.8. The third-order valence-electron chi connectivity index (χ3n) is 5.76. The molecule has 0 rings (SSSR count). The van der Waals surface area contributed by atoms with Crippen molar-refractivity contribution in [1.82, 2.24) is 0 Å². The van der Waals surface area contributed by atoms with Crippen LogP contribution >= 0.6 is 0 Å². The van der Waals surface area contributed by atoms with E-state index in [-0.39, 0.29) is 0 Å². The van der Waals surface area contributed by atoms with Gasteiger partial charge in [-0.05, 0) is 12.8 Å². The molecule has 0 saturated carbocycles. The van der Waals surface area contributed by atoms with Crippen LogP contribution in [0.4, 0.5) is 0 Å². The fourth-order valence-electron chi connectivity index (χ4n) is 3.87. The molecule has 2 unspecified atom stereocenters. The molecule has 0 aliphatic rings. The minimum absolute atomic E-state index is 0.365. The van der Waals surface area contributed by atoms with Crippen LogP contribution in [0.2, 0.25) is 0 Å². The van der Waals surface area contributed by atoms with E-state index in [1.165, 1.54) is 70.6 Å². The predicted octanol–water partition coefficient (Wildman–Crippen LogP) is 7.06. The SMILES string of the molecule is CCCCCCCCCCCCCCCCC(C(O)CCCCC)S(=O)(=O)O. The second-order valence-electron chi connectivity index (χ2n) is 8.50. The molecular formula is C23H48O4S. The summed E-state index contributed by atoms with van der Waals surface area (Å²) in [6.45, 7) is 4.33. The highest BCUT2D eigenvalue weighted by Gasteiger charge is 2.29. The van der Waals surface area contributed by atoms with Gasteiger partial charge in [-0.25, -0.2) is 0 Å². The number of aliphatic hydroxyl groups excluding tert-OH is 1. The molecule has 0 aliphatic heterocycles. The van der Waals surface area contributed by atoms with Crippen molar-refractivity contribution in [2.45, 2.75) is 147 Å². The predicted molar refractivity (Wildman–Crippen MR) is 120 cm³/mol. The van der Waals surface area contributed by atoms with Crippen molar-refractivity contribution in [2.75, 3.05) is 0 Å². The van der Waals surface area contributed by atoms with Gasteiger partial charge in [0.25, 0.3) is 10.1 Å². The van der Waals surface area contributed by atoms with E-state index in [9.17, 15) is 18.1 Å². The number of unbranched alkanes of at least 4 members (excludes halogenated alkanes) is 15. The highest BCUT2D eigenvalue weighted by Crippen LogP contribution is 2.20. The van der Waals surface area contributed by atoms with Gasteiger partial charge >= 0.3 is 0 Å². The summed E-state index contributed by atoms with van der Waals surface area (Å²) >= 11 is 0. The summed E-state index contributed by atoms with van der Waals surface area (Å²) in [5.41, 5.74) is 0. The summed E-state index contributed by atoms with van der Waals surface area (Å²) < 4.78 is 32.6. The second-order valence-corrected chi connectivity index (χ2v) is 10.1. The summed E-state index contributed by atoms with van der Waals surface area (Å²) in [4.78, 5) is 0. The first-order valence-corrected chi connectivity index (χ1v) is 13.6. The van der Waals surface area contributed by atoms with E-state index < -0.39 is 21.5 Å². The average Bonchev–Trinajstić information content (AvgIpc) is 2.64. The first kappa shape index (κ1) is 27.9. The number of hydrogen-bond acceptors (Lipinski definition) is 3. The van der Waals surface area contributed by atoms with Crippen LogP contribution in [0.3, 0.4) is 0 Å². The summed E-state index contributed by atoms with van der Waals surface area (Å²) in [5.74, 6) is 0. The molecule has 0 heterocycles. The highest BCUT2D eigenvalue weighted by atomic mass is 32.2. The van der Waals surface area contributed by atoms with Crippen molar-refractivity contribution in [2.24, 2.45) is 0 Å². The Morgan fingerprint density at radius 2 is 0.893 bits per heavy atom. The smallest absolute Gasteiger partial charge is 0.270 e. The average molecular weight is 421 g/mol. The minimum atomic E-state index is -4.17. The molecule has 0 aromatic heterocycles. The molecule has 0 aliphatic carbocycles. The number of hydrogen-bond donors (Lipinski definition) is 2. The van der Waals surface area contributed by atoms with Gasteiger partial charge in [-0.2, -0.15) is 8.42 Å². The van der Waals surface area contributed by atoms with E-state index in [4.69, 9.17) is 0 Å². The summed E-state index contributed by atoms with van der Waals surface area (Å²) in [5, 5.41) is 9.12. The van der Waals surface area contributed by atoms with Gasteiger partial charge in [0, 0.05) is 0 Å². The van der Waals surface area contributed by atoms with Gasteiger partial charge in [-0.3, -0.25) is 4.55 Å². The lowest BCUT2D eigenvalue weighted by Crippen LogP contribution is -2.33. The molecule has 0 saturated heterocycles. The number of rotatable bonds is 21. The molecule has 0 bridgehead atoms. The van der Waals surface area contributed by atoms with Gasteiger partial charge < -0.3 is 5.11 Å². The molecule has 0 fully saturated rings. The third-order valence-corrected chi connectivity index (χ3v) is 7.07. The summed E-state index contributed by atoms with van der Waals surface area (Å²) in [6.07, 6.45) is 20.3. The zero-order valence-corrected chi connectivity index (χ0v) is 19.5. The standard InChI is InChI=1S/C23H48O4S/c1-3-5-7-8-9-10-11-12-13-14-15-16-17-19-21-23(28(25,26)27)22(24)20-18-6-4-2/h22-24H,3-21H2,1-2H3,(H,25,26,27). The Morgan fingerprint density at radius 3 is 1.29 bits per heavy atom. The molecular weight excluding hydrogens is 372 g/mol. The van der Waals surface area contributed by atoms with Crippen molar-refractivity contribution in [3.63, 3.8) is 0 Å². The topological polar surface area (TPSA) is 74.6 Å². The zero-order valence-electron chi connectivity index (χ0n) is 18.7. The largest absolute Gasteiger partial charge is 0.392 e. The van der Waals surface area contributed by atoms with E-state index in [0.717, 1.165) is 38.5 Å². The lowest BCUT2D eigenvalue weighted by molar-refractivity contribution is 0.146. The van der Waals surface area contributed by atoms with Crippen molar-refractivity contribution in [3.05, 3.63) is 0 Å². The lowest BCUT2D eigenvalue weighted by atomic mass is 10.0. The molecule has 0 amide bonds. The van der Waals surface area contributed by atoms with Crippen molar-refractivity contribution >= 4 is 10.1 Å². The van der Waals surface area contributed by atoms with Crippen LogP contribution in [0.25, 0.3) is 0 Å². The maximum Gasteiger partial charge on any atom is 0.270 e. The Hall–Kier alpha value is -0.130. The van der Waals surface area contributed by atoms with E-state index in [1.54, 1.807) is 0 Å². The highest BCUT2D eigenvalue weighted by molar-refractivity contribution is 7.86. The molecule has 0 spiro atoms. The van der Waals surface area contributed by atoms with Gasteiger partial charge in [0.2, 0.25) is 0 Å². The molecule has 5 heteroatoms. The minimum Gasteiger partial charge on any atom is -0.392 e. The molecule has 0 radical (unpaired) electrons. The van der Waals surface area contributed by atoms with E-state index in [2.05, 4.69) is 13.8 Å². The van der Waals surface area contributed by atoms with Crippen LogP contribution in [0, 0.1) is 0 Å². The Kier molecular flexibility index (Phi) is 18.8. The number of aliphatic hydroxyl groups is 1. The Balaban J connectivity index is 3.64. The van der Waals surface area contributed by atoms with E-state index >= 15 is 0 Å². The summed E-state index contributed by atoms with van der Waals surface area (Å²) in [6, 6.07) is 0. The van der Waals surface area contributed by atoms with Crippen LogP contribution in [-0.4, -0.2) is 29.4 Å². The second kappa shape index (κ2) is 18.9. The molecule has 0 aromatic carbocycles. The molecule has 2 atom stereocenters. The van der Waals surface area contributed by atoms with Gasteiger partial charge in [-0.1, -0.05) is 123 Å². The maximum absolute atomic E-state index is 11.6. The fraction of sp³-hybridized carbons (Fsp3) is 1.00. The normalized spacial score (nSPS) is 14.3. The quantitative estimate of drug-likeness (QED) is 0.154. The van der Waals surface area contributed by atoms with Gasteiger partial charge in [0.05, 0.1) is 6.10 Å². The fourth-order valence-corrected chi connectivity index (χ4v) is 4.87. The summed E-state index contributed by atoms with van der Waals surface area (Å²) in [7, 11) is -4.17. The Bertz CT molecular complexity index is 422. The molecule has 28 heavy (non-hydrogen) atoms. The van der Waals surface area contributed by atoms with E-state index in [1.807, 2.05) is 0 Å².